The number of aromatic nitrogens is 1. The zero-order valence-corrected chi connectivity index (χ0v) is 11.5. The summed E-state index contributed by atoms with van der Waals surface area (Å²) in [5.41, 5.74) is 0.633. The molecule has 0 radical (unpaired) electrons. The van der Waals surface area contributed by atoms with Gasteiger partial charge in [0.15, 0.2) is 0 Å². The van der Waals surface area contributed by atoms with Gasteiger partial charge in [0.05, 0.1) is 5.02 Å². The molecule has 1 aromatic carbocycles. The number of rotatable bonds is 2. The molecule has 0 aliphatic rings. The van der Waals surface area contributed by atoms with Gasteiger partial charge in [-0.2, -0.15) is 0 Å². The minimum atomic E-state index is -0.590. The molecule has 0 aliphatic carbocycles. The molecule has 0 aliphatic heterocycles. The van der Waals surface area contributed by atoms with Crippen LogP contribution < -0.4 is 5.32 Å². The van der Waals surface area contributed by atoms with Gasteiger partial charge in [-0.25, -0.2) is 9.37 Å². The Kier molecular flexibility index (Phi) is 4.88. The summed E-state index contributed by atoms with van der Waals surface area (Å²) < 4.78 is 13.0. The number of aliphatic hydroxyl groups is 1. The average Bonchev–Trinajstić information content (AvgIpc) is 2.48. The molecular formula is C15H10ClFN2O2. The molecule has 0 saturated heterocycles. The van der Waals surface area contributed by atoms with E-state index in [0.717, 1.165) is 6.07 Å². The van der Waals surface area contributed by atoms with Crippen LogP contribution in [-0.2, 0) is 0 Å². The van der Waals surface area contributed by atoms with Crippen LogP contribution in [0.25, 0.3) is 0 Å². The van der Waals surface area contributed by atoms with Gasteiger partial charge in [0, 0.05) is 5.56 Å². The number of carbonyl (C=O) groups excluding carboxylic acids is 1. The van der Waals surface area contributed by atoms with Gasteiger partial charge in [0.1, 0.15) is 23.9 Å². The number of nitrogens with zero attached hydrogens (tertiary/aromatic N) is 1. The second kappa shape index (κ2) is 6.84. The molecule has 2 rings (SSSR count). The van der Waals surface area contributed by atoms with Crippen molar-refractivity contribution in [1.82, 2.24) is 4.98 Å². The normalized spacial score (nSPS) is 9.67. The lowest BCUT2D eigenvalue weighted by Crippen LogP contribution is -2.13. The van der Waals surface area contributed by atoms with Crippen molar-refractivity contribution >= 4 is 23.3 Å². The number of hydrogen-bond acceptors (Lipinski definition) is 3. The van der Waals surface area contributed by atoms with Crippen molar-refractivity contribution in [2.24, 2.45) is 0 Å². The summed E-state index contributed by atoms with van der Waals surface area (Å²) in [6.07, 6.45) is 0. The van der Waals surface area contributed by atoms with Crippen molar-refractivity contribution in [2.45, 2.75) is 0 Å². The van der Waals surface area contributed by atoms with Crippen molar-refractivity contribution in [1.29, 1.82) is 0 Å². The van der Waals surface area contributed by atoms with Crippen LogP contribution in [0.2, 0.25) is 5.02 Å². The molecule has 0 bridgehead atoms. The standard InChI is InChI=1S/C15H10ClFN2O2/c16-12-9-10(6-7-13(12)17)15(21)19-14-5-1-3-11(18-14)4-2-8-20/h1,3,5-7,9,20H,8H2,(H,18,19,21). The lowest BCUT2D eigenvalue weighted by Gasteiger charge is -2.05. The highest BCUT2D eigenvalue weighted by Gasteiger charge is 2.09. The van der Waals surface area contributed by atoms with E-state index in [1.807, 2.05) is 0 Å². The van der Waals surface area contributed by atoms with Gasteiger partial charge in [0.2, 0.25) is 0 Å². The van der Waals surface area contributed by atoms with E-state index in [9.17, 15) is 9.18 Å². The highest BCUT2D eigenvalue weighted by Crippen LogP contribution is 2.17. The molecule has 0 spiro atoms. The molecule has 21 heavy (non-hydrogen) atoms. The van der Waals surface area contributed by atoms with Crippen molar-refractivity contribution < 1.29 is 14.3 Å². The Labute approximate surface area is 125 Å². The molecule has 106 valence electrons. The monoisotopic (exact) mass is 304 g/mol. The van der Waals surface area contributed by atoms with Crippen LogP contribution in [0.15, 0.2) is 36.4 Å². The van der Waals surface area contributed by atoms with Gasteiger partial charge >= 0.3 is 0 Å². The summed E-state index contributed by atoms with van der Waals surface area (Å²) in [6, 6.07) is 8.59. The summed E-state index contributed by atoms with van der Waals surface area (Å²) >= 11 is 5.63. The van der Waals surface area contributed by atoms with Crippen LogP contribution in [-0.4, -0.2) is 22.6 Å². The maximum atomic E-state index is 13.0. The minimum Gasteiger partial charge on any atom is -0.384 e. The van der Waals surface area contributed by atoms with E-state index < -0.39 is 11.7 Å². The Morgan fingerprint density at radius 1 is 1.38 bits per heavy atom. The van der Waals surface area contributed by atoms with Crippen molar-refractivity contribution in [3.63, 3.8) is 0 Å². The Morgan fingerprint density at radius 2 is 2.19 bits per heavy atom. The first-order valence-corrected chi connectivity index (χ1v) is 6.31. The number of aliphatic hydroxyl groups excluding tert-OH is 1. The summed E-state index contributed by atoms with van der Waals surface area (Å²) in [5.74, 6) is 4.34. The number of nitrogens with one attached hydrogen (secondary N) is 1. The largest absolute Gasteiger partial charge is 0.384 e. The van der Waals surface area contributed by atoms with E-state index >= 15 is 0 Å². The van der Waals surface area contributed by atoms with Crippen molar-refractivity contribution in [3.05, 3.63) is 58.5 Å². The molecule has 0 fully saturated rings. The molecular weight excluding hydrogens is 295 g/mol. The molecule has 1 amide bonds. The van der Waals surface area contributed by atoms with Crippen molar-refractivity contribution in [3.8, 4) is 11.8 Å². The first-order valence-electron chi connectivity index (χ1n) is 5.93. The third kappa shape index (κ3) is 4.02. The lowest BCUT2D eigenvalue weighted by atomic mass is 10.2. The first-order chi connectivity index (χ1) is 10.1. The van der Waals surface area contributed by atoms with Gasteiger partial charge in [-0.3, -0.25) is 4.79 Å². The topological polar surface area (TPSA) is 62.2 Å². The molecule has 4 nitrogen and oxygen atoms in total. The second-order valence-corrected chi connectivity index (χ2v) is 4.36. The van der Waals surface area contributed by atoms with E-state index in [1.165, 1.54) is 12.1 Å². The Balaban J connectivity index is 2.17. The first kappa shape index (κ1) is 15.0. The SMILES string of the molecule is O=C(Nc1cccc(C#CCO)n1)c1ccc(F)c(Cl)c1. The lowest BCUT2D eigenvalue weighted by molar-refractivity contribution is 0.102. The Hall–Kier alpha value is -2.42. The van der Waals surface area contributed by atoms with Crippen LogP contribution in [0.4, 0.5) is 10.2 Å². The number of amides is 1. The van der Waals surface area contributed by atoms with E-state index in [0.29, 0.717) is 11.5 Å². The summed E-state index contributed by atoms with van der Waals surface area (Å²) in [7, 11) is 0. The molecule has 2 aromatic rings. The van der Waals surface area contributed by atoms with Gasteiger partial charge < -0.3 is 10.4 Å². The number of hydrogen-bond donors (Lipinski definition) is 2. The second-order valence-electron chi connectivity index (χ2n) is 3.95. The Bertz CT molecular complexity index is 738. The molecule has 1 heterocycles. The molecule has 0 unspecified atom stereocenters. The number of anilines is 1. The van der Waals surface area contributed by atoms with E-state index in [1.54, 1.807) is 18.2 Å². The van der Waals surface area contributed by atoms with Crippen LogP contribution in [0, 0.1) is 17.7 Å². The third-order valence-electron chi connectivity index (χ3n) is 2.47. The summed E-state index contributed by atoms with van der Waals surface area (Å²) in [4.78, 5) is 16.1. The van der Waals surface area contributed by atoms with Gasteiger partial charge in [0.25, 0.3) is 5.91 Å². The smallest absolute Gasteiger partial charge is 0.256 e. The van der Waals surface area contributed by atoms with Crippen LogP contribution in [0.5, 0.6) is 0 Å². The predicted molar refractivity (Wildman–Crippen MR) is 77.6 cm³/mol. The summed E-state index contributed by atoms with van der Waals surface area (Å²) in [6.45, 7) is -0.271. The highest BCUT2D eigenvalue weighted by molar-refractivity contribution is 6.31. The third-order valence-corrected chi connectivity index (χ3v) is 2.76. The van der Waals surface area contributed by atoms with Gasteiger partial charge in [-0.15, -0.1) is 0 Å². The predicted octanol–water partition coefficient (Wildman–Crippen LogP) is 2.47. The maximum Gasteiger partial charge on any atom is 0.256 e. The Morgan fingerprint density at radius 3 is 2.90 bits per heavy atom. The number of halogens is 2. The molecule has 0 saturated carbocycles. The maximum absolute atomic E-state index is 13.0. The number of benzene rings is 1. The van der Waals surface area contributed by atoms with Gasteiger partial charge in [-0.05, 0) is 36.3 Å². The average molecular weight is 305 g/mol. The minimum absolute atomic E-state index is 0.127. The molecule has 0 atom stereocenters. The zero-order valence-electron chi connectivity index (χ0n) is 10.7. The zero-order chi connectivity index (χ0) is 15.2. The number of carbonyl (C=O) groups is 1. The van der Waals surface area contributed by atoms with E-state index in [-0.39, 0.29) is 17.2 Å². The number of pyridine rings is 1. The molecule has 1 aromatic heterocycles. The fraction of sp³-hybridized carbons (Fsp3) is 0.0667. The fourth-order valence-corrected chi connectivity index (χ4v) is 1.71. The van der Waals surface area contributed by atoms with E-state index in [2.05, 4.69) is 22.1 Å². The molecule has 6 heteroatoms. The fourth-order valence-electron chi connectivity index (χ4n) is 1.53. The van der Waals surface area contributed by atoms with Crippen LogP contribution in [0.1, 0.15) is 16.1 Å². The van der Waals surface area contributed by atoms with E-state index in [4.69, 9.17) is 16.7 Å². The van der Waals surface area contributed by atoms with Crippen LogP contribution in [0.3, 0.4) is 0 Å². The molecule has 2 N–H and O–H groups in total. The quantitative estimate of drug-likeness (QED) is 0.838. The summed E-state index contributed by atoms with van der Waals surface area (Å²) in [5, 5.41) is 11.1. The van der Waals surface area contributed by atoms with Crippen LogP contribution >= 0.6 is 11.6 Å². The van der Waals surface area contributed by atoms with Gasteiger partial charge in [-0.1, -0.05) is 23.6 Å². The van der Waals surface area contributed by atoms with Crippen molar-refractivity contribution in [2.75, 3.05) is 11.9 Å². The highest BCUT2D eigenvalue weighted by atomic mass is 35.5.